The minimum Gasteiger partial charge on any atom is -0.351 e. The molecule has 0 unspecified atom stereocenters. The van der Waals surface area contributed by atoms with Crippen molar-refractivity contribution in [3.63, 3.8) is 0 Å². The van der Waals surface area contributed by atoms with E-state index in [1.807, 2.05) is 32.0 Å². The lowest BCUT2D eigenvalue weighted by Crippen LogP contribution is -2.16. The SMILES string of the molecule is C=CCNc1nc(C)cc(C(=O)Nc2ccc(Br)cc2C)n1. The van der Waals surface area contributed by atoms with E-state index >= 15 is 0 Å². The summed E-state index contributed by atoms with van der Waals surface area (Å²) in [6, 6.07) is 7.33. The van der Waals surface area contributed by atoms with Gasteiger partial charge in [-0.25, -0.2) is 9.97 Å². The first-order valence-electron chi connectivity index (χ1n) is 6.77. The van der Waals surface area contributed by atoms with Crippen LogP contribution in [0, 0.1) is 13.8 Å². The van der Waals surface area contributed by atoms with Gasteiger partial charge in [0.25, 0.3) is 5.91 Å². The van der Waals surface area contributed by atoms with Crippen molar-refractivity contribution in [3.05, 3.63) is 58.3 Å². The normalized spacial score (nSPS) is 10.1. The number of carbonyl (C=O) groups is 1. The summed E-state index contributed by atoms with van der Waals surface area (Å²) in [7, 11) is 0. The molecule has 1 amide bonds. The summed E-state index contributed by atoms with van der Waals surface area (Å²) in [6.07, 6.45) is 1.70. The zero-order chi connectivity index (χ0) is 16.1. The number of aromatic nitrogens is 2. The lowest BCUT2D eigenvalue weighted by atomic mass is 10.2. The maximum Gasteiger partial charge on any atom is 0.274 e. The van der Waals surface area contributed by atoms with E-state index in [4.69, 9.17) is 0 Å². The molecule has 0 aliphatic heterocycles. The van der Waals surface area contributed by atoms with E-state index in [2.05, 4.69) is 43.1 Å². The third-order valence-corrected chi connectivity index (χ3v) is 3.42. The van der Waals surface area contributed by atoms with Crippen LogP contribution in [0.1, 0.15) is 21.7 Å². The third kappa shape index (κ3) is 4.14. The maximum absolute atomic E-state index is 12.4. The molecule has 0 saturated carbocycles. The van der Waals surface area contributed by atoms with Crippen LogP contribution in [0.2, 0.25) is 0 Å². The Balaban J connectivity index is 2.21. The topological polar surface area (TPSA) is 66.9 Å². The lowest BCUT2D eigenvalue weighted by molar-refractivity contribution is 0.102. The average molecular weight is 361 g/mol. The Labute approximate surface area is 138 Å². The van der Waals surface area contributed by atoms with Crippen molar-refractivity contribution >= 4 is 33.5 Å². The Morgan fingerprint density at radius 1 is 1.32 bits per heavy atom. The summed E-state index contributed by atoms with van der Waals surface area (Å²) in [5.41, 5.74) is 2.77. The summed E-state index contributed by atoms with van der Waals surface area (Å²) < 4.78 is 0.969. The fraction of sp³-hybridized carbons (Fsp3) is 0.188. The van der Waals surface area contributed by atoms with Crippen LogP contribution in [0.5, 0.6) is 0 Å². The Bertz CT molecular complexity index is 715. The number of rotatable bonds is 5. The Morgan fingerprint density at radius 2 is 2.09 bits per heavy atom. The molecular formula is C16H17BrN4O. The van der Waals surface area contributed by atoms with Gasteiger partial charge in [-0.15, -0.1) is 6.58 Å². The van der Waals surface area contributed by atoms with E-state index in [0.717, 1.165) is 21.4 Å². The van der Waals surface area contributed by atoms with Gasteiger partial charge in [0.1, 0.15) is 5.69 Å². The molecule has 6 heteroatoms. The number of halogens is 1. The van der Waals surface area contributed by atoms with Gasteiger partial charge in [-0.2, -0.15) is 0 Å². The van der Waals surface area contributed by atoms with Gasteiger partial charge in [0.15, 0.2) is 0 Å². The Hall–Kier alpha value is -2.21. The molecule has 5 nitrogen and oxygen atoms in total. The highest BCUT2D eigenvalue weighted by molar-refractivity contribution is 9.10. The molecule has 22 heavy (non-hydrogen) atoms. The fourth-order valence-corrected chi connectivity index (χ4v) is 2.36. The zero-order valence-corrected chi connectivity index (χ0v) is 14.1. The van der Waals surface area contributed by atoms with E-state index in [-0.39, 0.29) is 5.91 Å². The minimum atomic E-state index is -0.266. The Morgan fingerprint density at radius 3 is 2.77 bits per heavy atom. The second-order valence-corrected chi connectivity index (χ2v) is 5.72. The quantitative estimate of drug-likeness (QED) is 0.797. The fourth-order valence-electron chi connectivity index (χ4n) is 1.88. The number of hydrogen-bond donors (Lipinski definition) is 2. The number of nitrogens with zero attached hydrogens (tertiary/aromatic N) is 2. The molecule has 1 aromatic carbocycles. The number of hydrogen-bond acceptors (Lipinski definition) is 4. The van der Waals surface area contributed by atoms with Crippen molar-refractivity contribution in [2.45, 2.75) is 13.8 Å². The van der Waals surface area contributed by atoms with Gasteiger partial charge in [-0.3, -0.25) is 4.79 Å². The lowest BCUT2D eigenvalue weighted by Gasteiger charge is -2.10. The van der Waals surface area contributed by atoms with Crippen molar-refractivity contribution < 1.29 is 4.79 Å². The number of benzene rings is 1. The van der Waals surface area contributed by atoms with Crippen LogP contribution in [-0.2, 0) is 0 Å². The molecule has 2 aromatic rings. The minimum absolute atomic E-state index is 0.266. The van der Waals surface area contributed by atoms with Crippen LogP contribution in [-0.4, -0.2) is 22.4 Å². The van der Waals surface area contributed by atoms with E-state index in [0.29, 0.717) is 18.2 Å². The van der Waals surface area contributed by atoms with Crippen LogP contribution in [0.4, 0.5) is 11.6 Å². The number of aryl methyl sites for hydroxylation is 2. The van der Waals surface area contributed by atoms with Crippen LogP contribution in [0.15, 0.2) is 41.4 Å². The summed E-state index contributed by atoms with van der Waals surface area (Å²) in [4.78, 5) is 20.8. The first-order chi connectivity index (χ1) is 10.5. The monoisotopic (exact) mass is 360 g/mol. The van der Waals surface area contributed by atoms with Crippen molar-refractivity contribution in [3.8, 4) is 0 Å². The van der Waals surface area contributed by atoms with Crippen LogP contribution >= 0.6 is 15.9 Å². The summed E-state index contributed by atoms with van der Waals surface area (Å²) in [6.45, 7) is 7.92. The molecule has 2 rings (SSSR count). The third-order valence-electron chi connectivity index (χ3n) is 2.93. The van der Waals surface area contributed by atoms with Crippen LogP contribution < -0.4 is 10.6 Å². The van der Waals surface area contributed by atoms with Crippen molar-refractivity contribution in [1.82, 2.24) is 9.97 Å². The second-order valence-electron chi connectivity index (χ2n) is 4.80. The molecule has 2 N–H and O–H groups in total. The first kappa shape index (κ1) is 16.2. The second kappa shape index (κ2) is 7.17. The van der Waals surface area contributed by atoms with Gasteiger partial charge < -0.3 is 10.6 Å². The number of amides is 1. The number of carbonyl (C=O) groups excluding carboxylic acids is 1. The zero-order valence-electron chi connectivity index (χ0n) is 12.5. The van der Waals surface area contributed by atoms with E-state index in [1.54, 1.807) is 12.1 Å². The molecule has 114 valence electrons. The molecule has 0 atom stereocenters. The van der Waals surface area contributed by atoms with E-state index in [9.17, 15) is 4.79 Å². The smallest absolute Gasteiger partial charge is 0.274 e. The van der Waals surface area contributed by atoms with Gasteiger partial charge in [0.2, 0.25) is 5.95 Å². The van der Waals surface area contributed by atoms with Gasteiger partial charge in [-0.05, 0) is 43.7 Å². The molecule has 0 fully saturated rings. The predicted octanol–water partition coefficient (Wildman–Crippen LogP) is 3.71. The molecular weight excluding hydrogens is 344 g/mol. The number of nitrogens with one attached hydrogen (secondary N) is 2. The first-order valence-corrected chi connectivity index (χ1v) is 7.57. The molecule has 1 aromatic heterocycles. The van der Waals surface area contributed by atoms with Gasteiger partial charge in [-0.1, -0.05) is 22.0 Å². The average Bonchev–Trinajstić information content (AvgIpc) is 2.47. The van der Waals surface area contributed by atoms with Crippen LogP contribution in [0.3, 0.4) is 0 Å². The van der Waals surface area contributed by atoms with Gasteiger partial charge in [0, 0.05) is 22.4 Å². The molecule has 0 saturated heterocycles. The van der Waals surface area contributed by atoms with Crippen molar-refractivity contribution in [2.75, 3.05) is 17.2 Å². The van der Waals surface area contributed by atoms with Gasteiger partial charge >= 0.3 is 0 Å². The highest BCUT2D eigenvalue weighted by Gasteiger charge is 2.12. The standard InChI is InChI=1S/C16H17BrN4O/c1-4-7-18-16-19-11(3)9-14(21-16)15(22)20-13-6-5-12(17)8-10(13)2/h4-6,8-9H,1,7H2,2-3H3,(H,20,22)(H,18,19,21). The highest BCUT2D eigenvalue weighted by Crippen LogP contribution is 2.20. The Kier molecular flexibility index (Phi) is 5.27. The molecule has 0 radical (unpaired) electrons. The molecule has 0 bridgehead atoms. The van der Waals surface area contributed by atoms with E-state index in [1.165, 1.54) is 0 Å². The summed E-state index contributed by atoms with van der Waals surface area (Å²) >= 11 is 3.40. The highest BCUT2D eigenvalue weighted by atomic mass is 79.9. The van der Waals surface area contributed by atoms with Crippen molar-refractivity contribution in [1.29, 1.82) is 0 Å². The summed E-state index contributed by atoms with van der Waals surface area (Å²) in [5, 5.41) is 5.85. The molecule has 0 spiro atoms. The predicted molar refractivity (Wildman–Crippen MR) is 92.3 cm³/mol. The van der Waals surface area contributed by atoms with E-state index < -0.39 is 0 Å². The van der Waals surface area contributed by atoms with Crippen LogP contribution in [0.25, 0.3) is 0 Å². The largest absolute Gasteiger partial charge is 0.351 e. The molecule has 1 heterocycles. The maximum atomic E-state index is 12.4. The van der Waals surface area contributed by atoms with Crippen molar-refractivity contribution in [2.24, 2.45) is 0 Å². The molecule has 0 aliphatic rings. The van der Waals surface area contributed by atoms with Gasteiger partial charge in [0.05, 0.1) is 0 Å². The summed E-state index contributed by atoms with van der Waals surface area (Å²) in [5.74, 6) is 0.148. The molecule has 0 aliphatic carbocycles. The number of anilines is 2.